The van der Waals surface area contributed by atoms with Crippen LogP contribution in [-0.2, 0) is 4.79 Å². The normalized spacial score (nSPS) is 25.5. The van der Waals surface area contributed by atoms with Gasteiger partial charge < -0.3 is 10.4 Å². The molecule has 1 aliphatic carbocycles. The lowest BCUT2D eigenvalue weighted by molar-refractivity contribution is -0.142. The molecule has 2 N–H and O–H groups in total. The van der Waals surface area contributed by atoms with Crippen molar-refractivity contribution in [2.24, 2.45) is 11.8 Å². The maximum Gasteiger partial charge on any atom is 0.306 e. The van der Waals surface area contributed by atoms with Gasteiger partial charge in [-0.3, -0.25) is 4.79 Å². The van der Waals surface area contributed by atoms with Crippen LogP contribution in [-0.4, -0.2) is 24.2 Å². The van der Waals surface area contributed by atoms with Gasteiger partial charge in [0.25, 0.3) is 0 Å². The standard InChI is InChI=1S/C11H17NO2/c1-2-3-7-12-8-9-5-4-6-10(9)11(13)14/h9-10,12H,4-8H2,1H3,(H,13,14). The second kappa shape index (κ2) is 5.66. The number of rotatable bonds is 4. The van der Waals surface area contributed by atoms with E-state index in [2.05, 4.69) is 17.2 Å². The zero-order valence-corrected chi connectivity index (χ0v) is 8.55. The summed E-state index contributed by atoms with van der Waals surface area (Å²) in [6, 6.07) is 0. The van der Waals surface area contributed by atoms with Crippen molar-refractivity contribution in [2.75, 3.05) is 13.1 Å². The van der Waals surface area contributed by atoms with Gasteiger partial charge in [-0.05, 0) is 32.2 Å². The van der Waals surface area contributed by atoms with Crippen molar-refractivity contribution in [2.45, 2.75) is 26.2 Å². The summed E-state index contributed by atoms with van der Waals surface area (Å²) in [5.74, 6) is 5.22. The van der Waals surface area contributed by atoms with E-state index in [-0.39, 0.29) is 5.92 Å². The Labute approximate surface area is 84.9 Å². The number of hydrogen-bond acceptors (Lipinski definition) is 2. The highest BCUT2D eigenvalue weighted by Crippen LogP contribution is 2.31. The summed E-state index contributed by atoms with van der Waals surface area (Å²) in [6.07, 6.45) is 2.91. The molecule has 3 heteroatoms. The van der Waals surface area contributed by atoms with E-state index in [0.29, 0.717) is 12.5 Å². The minimum absolute atomic E-state index is 0.142. The number of carboxylic acids is 1. The van der Waals surface area contributed by atoms with E-state index in [1.807, 2.05) is 0 Å². The summed E-state index contributed by atoms with van der Waals surface area (Å²) >= 11 is 0. The SMILES string of the molecule is CC#CCNCC1CCCC1C(=O)O. The van der Waals surface area contributed by atoms with Crippen LogP contribution in [0.5, 0.6) is 0 Å². The first-order chi connectivity index (χ1) is 6.75. The van der Waals surface area contributed by atoms with Crippen molar-refractivity contribution in [3.05, 3.63) is 0 Å². The fraction of sp³-hybridized carbons (Fsp3) is 0.727. The first-order valence-corrected chi connectivity index (χ1v) is 5.09. The summed E-state index contributed by atoms with van der Waals surface area (Å²) in [4.78, 5) is 10.8. The van der Waals surface area contributed by atoms with Crippen LogP contribution >= 0.6 is 0 Å². The number of carboxylic acid groups (broad SMARTS) is 1. The summed E-state index contributed by atoms with van der Waals surface area (Å²) in [6.45, 7) is 3.25. The Hall–Kier alpha value is -1.01. The Morgan fingerprint density at radius 1 is 1.57 bits per heavy atom. The van der Waals surface area contributed by atoms with Gasteiger partial charge >= 0.3 is 5.97 Å². The Morgan fingerprint density at radius 3 is 3.00 bits per heavy atom. The van der Waals surface area contributed by atoms with Crippen LogP contribution < -0.4 is 5.32 Å². The molecule has 0 radical (unpaired) electrons. The third kappa shape index (κ3) is 3.04. The molecule has 1 fully saturated rings. The van der Waals surface area contributed by atoms with Crippen LogP contribution in [0, 0.1) is 23.7 Å². The molecule has 1 aliphatic rings. The molecule has 0 aromatic heterocycles. The van der Waals surface area contributed by atoms with Gasteiger partial charge in [0.2, 0.25) is 0 Å². The average Bonchev–Trinajstić information content (AvgIpc) is 2.60. The van der Waals surface area contributed by atoms with Crippen LogP contribution in [0.2, 0.25) is 0 Å². The van der Waals surface area contributed by atoms with Gasteiger partial charge in [0.15, 0.2) is 0 Å². The van der Waals surface area contributed by atoms with Gasteiger partial charge in [0.1, 0.15) is 0 Å². The summed E-state index contributed by atoms with van der Waals surface area (Å²) < 4.78 is 0. The Bertz CT molecular complexity index is 252. The molecule has 1 rings (SSSR count). The predicted molar refractivity (Wildman–Crippen MR) is 54.8 cm³/mol. The lowest BCUT2D eigenvalue weighted by Gasteiger charge is -2.15. The van der Waals surface area contributed by atoms with E-state index in [1.165, 1.54) is 0 Å². The average molecular weight is 195 g/mol. The molecule has 2 atom stereocenters. The molecule has 0 aromatic rings. The lowest BCUT2D eigenvalue weighted by Crippen LogP contribution is -2.29. The maximum absolute atomic E-state index is 10.8. The van der Waals surface area contributed by atoms with E-state index >= 15 is 0 Å². The van der Waals surface area contributed by atoms with Gasteiger partial charge in [-0.25, -0.2) is 0 Å². The predicted octanol–water partition coefficient (Wildman–Crippen LogP) is 1.10. The van der Waals surface area contributed by atoms with Gasteiger partial charge in [0.05, 0.1) is 12.5 Å². The Morgan fingerprint density at radius 2 is 2.36 bits per heavy atom. The van der Waals surface area contributed by atoms with Gasteiger partial charge in [-0.1, -0.05) is 12.3 Å². The minimum Gasteiger partial charge on any atom is -0.481 e. The van der Waals surface area contributed by atoms with E-state index in [4.69, 9.17) is 5.11 Å². The van der Waals surface area contributed by atoms with Crippen molar-refractivity contribution < 1.29 is 9.90 Å². The van der Waals surface area contributed by atoms with Crippen molar-refractivity contribution in [1.29, 1.82) is 0 Å². The van der Waals surface area contributed by atoms with Gasteiger partial charge in [-0.15, -0.1) is 5.92 Å². The van der Waals surface area contributed by atoms with Crippen LogP contribution in [0.15, 0.2) is 0 Å². The topological polar surface area (TPSA) is 49.3 Å². The smallest absolute Gasteiger partial charge is 0.306 e. The molecule has 0 amide bonds. The molecule has 2 unspecified atom stereocenters. The number of aliphatic carboxylic acids is 1. The third-order valence-electron chi connectivity index (χ3n) is 2.77. The molecular formula is C11H17NO2. The third-order valence-corrected chi connectivity index (χ3v) is 2.77. The Kier molecular flexibility index (Phi) is 4.48. The van der Waals surface area contributed by atoms with Crippen molar-refractivity contribution >= 4 is 5.97 Å². The fourth-order valence-corrected chi connectivity index (χ4v) is 2.01. The highest BCUT2D eigenvalue weighted by molar-refractivity contribution is 5.70. The van der Waals surface area contributed by atoms with E-state index in [0.717, 1.165) is 25.8 Å². The lowest BCUT2D eigenvalue weighted by atomic mass is 9.96. The number of carbonyl (C=O) groups is 1. The van der Waals surface area contributed by atoms with Crippen LogP contribution in [0.4, 0.5) is 0 Å². The number of hydrogen-bond donors (Lipinski definition) is 2. The highest BCUT2D eigenvalue weighted by Gasteiger charge is 2.32. The van der Waals surface area contributed by atoms with Crippen LogP contribution in [0.1, 0.15) is 26.2 Å². The van der Waals surface area contributed by atoms with Crippen LogP contribution in [0.25, 0.3) is 0 Å². The largest absolute Gasteiger partial charge is 0.481 e. The zero-order chi connectivity index (χ0) is 10.4. The summed E-state index contributed by atoms with van der Waals surface area (Å²) in [5.41, 5.74) is 0. The monoisotopic (exact) mass is 195 g/mol. The molecule has 0 heterocycles. The molecule has 78 valence electrons. The first kappa shape index (κ1) is 11.1. The molecule has 3 nitrogen and oxygen atoms in total. The van der Waals surface area contributed by atoms with Gasteiger partial charge in [0, 0.05) is 0 Å². The molecular weight excluding hydrogens is 178 g/mol. The van der Waals surface area contributed by atoms with Crippen molar-refractivity contribution in [3.8, 4) is 11.8 Å². The molecule has 1 saturated carbocycles. The second-order valence-corrected chi connectivity index (χ2v) is 3.69. The molecule has 0 saturated heterocycles. The molecule has 14 heavy (non-hydrogen) atoms. The first-order valence-electron chi connectivity index (χ1n) is 5.09. The van der Waals surface area contributed by atoms with E-state index in [9.17, 15) is 4.79 Å². The zero-order valence-electron chi connectivity index (χ0n) is 8.55. The number of nitrogens with one attached hydrogen (secondary N) is 1. The second-order valence-electron chi connectivity index (χ2n) is 3.69. The van der Waals surface area contributed by atoms with E-state index in [1.54, 1.807) is 6.92 Å². The van der Waals surface area contributed by atoms with Crippen molar-refractivity contribution in [1.82, 2.24) is 5.32 Å². The Balaban J connectivity index is 2.28. The van der Waals surface area contributed by atoms with Gasteiger partial charge in [-0.2, -0.15) is 0 Å². The molecule has 0 aliphatic heterocycles. The summed E-state index contributed by atoms with van der Waals surface area (Å²) in [5, 5.41) is 12.1. The quantitative estimate of drug-likeness (QED) is 0.521. The van der Waals surface area contributed by atoms with E-state index < -0.39 is 5.97 Å². The maximum atomic E-state index is 10.8. The molecule has 0 bridgehead atoms. The molecule has 0 aromatic carbocycles. The minimum atomic E-state index is -0.643. The van der Waals surface area contributed by atoms with Crippen molar-refractivity contribution in [3.63, 3.8) is 0 Å². The molecule has 0 spiro atoms. The summed E-state index contributed by atoms with van der Waals surface area (Å²) in [7, 11) is 0. The highest BCUT2D eigenvalue weighted by atomic mass is 16.4. The van der Waals surface area contributed by atoms with Crippen LogP contribution in [0.3, 0.4) is 0 Å². The fourth-order valence-electron chi connectivity index (χ4n) is 2.01.